The molecule has 0 saturated heterocycles. The molecule has 0 spiro atoms. The quantitative estimate of drug-likeness (QED) is 0.557. The van der Waals surface area contributed by atoms with Crippen molar-refractivity contribution in [3.63, 3.8) is 0 Å². The normalized spacial score (nSPS) is 20.6. The maximum absolute atomic E-state index is 2.50. The molecule has 0 unspecified atom stereocenters. The molecule has 2 nitrogen and oxygen atoms in total. The Kier molecular flexibility index (Phi) is 4.77. The summed E-state index contributed by atoms with van der Waals surface area (Å²) in [7, 11) is 2.18. The summed E-state index contributed by atoms with van der Waals surface area (Å²) < 4.78 is 2.34. The highest BCUT2D eigenvalue weighted by molar-refractivity contribution is 6.03. The van der Waals surface area contributed by atoms with E-state index in [0.717, 1.165) is 13.0 Å². The molecular formula is C27H33N2+. The molecular weight excluding hydrogens is 352 g/mol. The summed E-state index contributed by atoms with van der Waals surface area (Å²) >= 11 is 0. The van der Waals surface area contributed by atoms with E-state index in [1.54, 1.807) is 0 Å². The van der Waals surface area contributed by atoms with Gasteiger partial charge in [-0.25, -0.2) is 0 Å². The van der Waals surface area contributed by atoms with Gasteiger partial charge in [-0.05, 0) is 38.0 Å². The molecule has 0 fully saturated rings. The fraction of sp³-hybridized carbons (Fsp3) is 0.370. The van der Waals surface area contributed by atoms with Gasteiger partial charge in [-0.2, -0.15) is 4.58 Å². The van der Waals surface area contributed by atoms with Crippen LogP contribution in [0.5, 0.6) is 0 Å². The topological polar surface area (TPSA) is 6.25 Å². The molecule has 2 aromatic carbocycles. The molecule has 2 aliphatic rings. The van der Waals surface area contributed by atoms with Crippen LogP contribution in [0.1, 0.15) is 52.2 Å². The molecule has 29 heavy (non-hydrogen) atoms. The first-order chi connectivity index (χ1) is 13.8. The summed E-state index contributed by atoms with van der Waals surface area (Å²) in [5, 5.41) is 0. The van der Waals surface area contributed by atoms with E-state index >= 15 is 0 Å². The summed E-state index contributed by atoms with van der Waals surface area (Å²) in [6.45, 7) is 12.6. The van der Waals surface area contributed by atoms with Crippen molar-refractivity contribution in [2.45, 2.75) is 51.9 Å². The van der Waals surface area contributed by atoms with Crippen LogP contribution in [0.2, 0.25) is 0 Å². The van der Waals surface area contributed by atoms with Gasteiger partial charge in [0.15, 0.2) is 5.71 Å². The van der Waals surface area contributed by atoms with Crippen molar-refractivity contribution in [2.75, 3.05) is 18.5 Å². The Hall–Kier alpha value is -2.61. The molecule has 150 valence electrons. The summed E-state index contributed by atoms with van der Waals surface area (Å²) in [6.07, 6.45) is 8.02. The molecule has 0 aliphatic carbocycles. The SMILES string of the molecule is CCCN1/C(=C\C=C\C2=[N+](C)c3ccccc3C2(C)C)C(C)(C)c2ccccc21. The van der Waals surface area contributed by atoms with Crippen LogP contribution in [0.25, 0.3) is 0 Å². The summed E-state index contributed by atoms with van der Waals surface area (Å²) in [5.74, 6) is 0. The maximum Gasteiger partial charge on any atom is 0.209 e. The van der Waals surface area contributed by atoms with Crippen LogP contribution in [0.3, 0.4) is 0 Å². The van der Waals surface area contributed by atoms with Crippen LogP contribution in [-0.2, 0) is 10.8 Å². The molecule has 0 radical (unpaired) electrons. The Morgan fingerprint density at radius 3 is 2.24 bits per heavy atom. The third-order valence-electron chi connectivity index (χ3n) is 6.70. The van der Waals surface area contributed by atoms with Crippen molar-refractivity contribution < 1.29 is 4.58 Å². The van der Waals surface area contributed by atoms with Crippen molar-refractivity contribution in [2.24, 2.45) is 0 Å². The second-order valence-corrected chi connectivity index (χ2v) is 9.29. The van der Waals surface area contributed by atoms with Gasteiger partial charge in [-0.15, -0.1) is 0 Å². The van der Waals surface area contributed by atoms with Gasteiger partial charge in [-0.1, -0.05) is 63.2 Å². The van der Waals surface area contributed by atoms with Gasteiger partial charge in [0.25, 0.3) is 0 Å². The van der Waals surface area contributed by atoms with E-state index in [1.807, 2.05) is 0 Å². The molecule has 0 N–H and O–H groups in total. The number of anilines is 1. The zero-order valence-electron chi connectivity index (χ0n) is 18.7. The van der Waals surface area contributed by atoms with Gasteiger partial charge < -0.3 is 4.90 Å². The smallest absolute Gasteiger partial charge is 0.209 e. The van der Waals surface area contributed by atoms with E-state index in [-0.39, 0.29) is 10.8 Å². The summed E-state index contributed by atoms with van der Waals surface area (Å²) in [5.41, 5.74) is 8.24. The number of benzene rings is 2. The van der Waals surface area contributed by atoms with Gasteiger partial charge in [0.05, 0.1) is 5.41 Å². The second-order valence-electron chi connectivity index (χ2n) is 9.29. The van der Waals surface area contributed by atoms with E-state index in [4.69, 9.17) is 0 Å². The Morgan fingerprint density at radius 2 is 1.55 bits per heavy atom. The second kappa shape index (κ2) is 7.02. The van der Waals surface area contributed by atoms with Crippen molar-refractivity contribution in [3.8, 4) is 0 Å². The number of hydrogen-bond donors (Lipinski definition) is 0. The van der Waals surface area contributed by atoms with Gasteiger partial charge in [0.1, 0.15) is 7.05 Å². The lowest BCUT2D eigenvalue weighted by Gasteiger charge is -2.26. The molecule has 0 aromatic heterocycles. The van der Waals surface area contributed by atoms with Gasteiger partial charge >= 0.3 is 0 Å². The third kappa shape index (κ3) is 2.97. The first-order valence-corrected chi connectivity index (χ1v) is 10.8. The lowest BCUT2D eigenvalue weighted by atomic mass is 9.81. The van der Waals surface area contributed by atoms with E-state index in [9.17, 15) is 0 Å². The first kappa shape index (κ1) is 19.7. The predicted molar refractivity (Wildman–Crippen MR) is 125 cm³/mol. The summed E-state index contributed by atoms with van der Waals surface area (Å²) in [4.78, 5) is 2.50. The van der Waals surface area contributed by atoms with Crippen molar-refractivity contribution in [1.82, 2.24) is 0 Å². The Morgan fingerprint density at radius 1 is 0.897 bits per heavy atom. The minimum absolute atomic E-state index is 0.0115. The molecule has 2 heteroatoms. The number of para-hydroxylation sites is 2. The average Bonchev–Trinajstić information content (AvgIpc) is 3.03. The van der Waals surface area contributed by atoms with Crippen LogP contribution in [0.15, 0.2) is 72.5 Å². The zero-order chi connectivity index (χ0) is 20.8. The summed E-state index contributed by atoms with van der Waals surface area (Å²) in [6, 6.07) is 17.6. The molecule has 0 amide bonds. The molecule has 2 heterocycles. The largest absolute Gasteiger partial charge is 0.344 e. The van der Waals surface area contributed by atoms with Crippen molar-refractivity contribution in [1.29, 1.82) is 0 Å². The highest BCUT2D eigenvalue weighted by Gasteiger charge is 2.43. The van der Waals surface area contributed by atoms with Crippen LogP contribution in [-0.4, -0.2) is 23.9 Å². The monoisotopic (exact) mass is 385 g/mol. The molecule has 0 atom stereocenters. The van der Waals surface area contributed by atoms with Crippen LogP contribution >= 0.6 is 0 Å². The van der Waals surface area contributed by atoms with E-state index in [1.165, 1.54) is 33.9 Å². The van der Waals surface area contributed by atoms with E-state index in [0.29, 0.717) is 0 Å². The number of hydrogen-bond acceptors (Lipinski definition) is 1. The minimum atomic E-state index is 0.0115. The maximum atomic E-state index is 2.50. The highest BCUT2D eigenvalue weighted by Crippen LogP contribution is 2.47. The number of rotatable bonds is 4. The number of nitrogens with zero attached hydrogens (tertiary/aromatic N) is 2. The Balaban J connectivity index is 1.72. The van der Waals surface area contributed by atoms with Gasteiger partial charge in [0, 0.05) is 41.1 Å². The highest BCUT2D eigenvalue weighted by atomic mass is 15.2. The lowest BCUT2D eigenvalue weighted by Crippen LogP contribution is -2.27. The molecule has 2 aliphatic heterocycles. The Bertz CT molecular complexity index is 1030. The van der Waals surface area contributed by atoms with Crippen LogP contribution in [0, 0.1) is 0 Å². The van der Waals surface area contributed by atoms with Gasteiger partial charge in [-0.3, -0.25) is 0 Å². The zero-order valence-corrected chi connectivity index (χ0v) is 18.7. The van der Waals surface area contributed by atoms with Gasteiger partial charge in [0.2, 0.25) is 5.69 Å². The Labute approximate surface area is 175 Å². The third-order valence-corrected chi connectivity index (χ3v) is 6.70. The first-order valence-electron chi connectivity index (χ1n) is 10.8. The standard InChI is InChI=1S/C27H33N2/c1-7-19-29-23-16-11-9-14-21(23)27(4,5)25(29)18-12-17-24-26(2,3)20-13-8-10-15-22(20)28(24)6/h8-18H,7,19H2,1-6H3/q+1. The average molecular weight is 386 g/mol. The predicted octanol–water partition coefficient (Wildman–Crippen LogP) is 6.34. The van der Waals surface area contributed by atoms with Crippen molar-refractivity contribution in [3.05, 3.63) is 83.6 Å². The number of fused-ring (bicyclic) bond motifs is 2. The van der Waals surface area contributed by atoms with Crippen molar-refractivity contribution >= 4 is 17.1 Å². The molecule has 2 aromatic rings. The minimum Gasteiger partial charge on any atom is -0.344 e. The fourth-order valence-corrected chi connectivity index (χ4v) is 5.14. The van der Waals surface area contributed by atoms with E-state index in [2.05, 4.69) is 118 Å². The molecule has 4 rings (SSSR count). The fourth-order valence-electron chi connectivity index (χ4n) is 5.14. The van der Waals surface area contributed by atoms with Crippen LogP contribution < -0.4 is 4.90 Å². The molecule has 0 bridgehead atoms. The molecule has 0 saturated carbocycles. The van der Waals surface area contributed by atoms with E-state index < -0.39 is 0 Å². The number of allylic oxidation sites excluding steroid dienone is 4. The lowest BCUT2D eigenvalue weighted by molar-refractivity contribution is -0.401. The van der Waals surface area contributed by atoms with Crippen LogP contribution in [0.4, 0.5) is 11.4 Å².